The van der Waals surface area contributed by atoms with Gasteiger partial charge in [-0.25, -0.2) is 4.39 Å². The highest BCUT2D eigenvalue weighted by molar-refractivity contribution is 5.83. The van der Waals surface area contributed by atoms with Gasteiger partial charge in [-0.3, -0.25) is 14.5 Å². The molecular formula is C20H19FN4O2. The van der Waals surface area contributed by atoms with E-state index in [1.807, 2.05) is 16.8 Å². The molecule has 1 amide bonds. The maximum absolute atomic E-state index is 13.4. The third kappa shape index (κ3) is 3.21. The first-order valence-electron chi connectivity index (χ1n) is 8.74. The van der Waals surface area contributed by atoms with Crippen LogP contribution in [0.1, 0.15) is 18.3 Å². The molecule has 3 heterocycles. The lowest BCUT2D eigenvalue weighted by Crippen LogP contribution is -2.37. The van der Waals surface area contributed by atoms with Gasteiger partial charge in [0.25, 0.3) is 0 Å². The molecule has 0 fully saturated rings. The number of carbonyl (C=O) groups excluding carboxylic acids is 1. The van der Waals surface area contributed by atoms with Gasteiger partial charge in [-0.15, -0.1) is 0 Å². The van der Waals surface area contributed by atoms with Gasteiger partial charge in [-0.2, -0.15) is 5.10 Å². The number of aliphatic hydroxyl groups is 1. The fourth-order valence-electron chi connectivity index (χ4n) is 3.42. The lowest BCUT2D eigenvalue weighted by atomic mass is 9.98. The van der Waals surface area contributed by atoms with Gasteiger partial charge in [0, 0.05) is 30.8 Å². The van der Waals surface area contributed by atoms with Gasteiger partial charge in [0.15, 0.2) is 0 Å². The summed E-state index contributed by atoms with van der Waals surface area (Å²) in [6.07, 6.45) is 1.64. The summed E-state index contributed by atoms with van der Waals surface area (Å²) in [7, 11) is 0. The van der Waals surface area contributed by atoms with Crippen molar-refractivity contribution in [2.45, 2.75) is 26.6 Å². The van der Waals surface area contributed by atoms with Crippen LogP contribution in [0.3, 0.4) is 0 Å². The summed E-state index contributed by atoms with van der Waals surface area (Å²) in [4.78, 5) is 17.8. The van der Waals surface area contributed by atoms with Crippen LogP contribution in [0.25, 0.3) is 22.4 Å². The zero-order chi connectivity index (χ0) is 19.0. The quantitative estimate of drug-likeness (QED) is 0.774. The summed E-state index contributed by atoms with van der Waals surface area (Å²) in [6, 6.07) is 9.89. The minimum absolute atomic E-state index is 0.0162. The smallest absolute Gasteiger partial charge is 0.219 e. The Bertz CT molecular complexity index is 998. The molecule has 0 saturated carbocycles. The molecule has 138 valence electrons. The Hall–Kier alpha value is -3.06. The molecule has 0 atom stereocenters. The Morgan fingerprint density at radius 3 is 2.67 bits per heavy atom. The van der Waals surface area contributed by atoms with Crippen LogP contribution in [0.4, 0.5) is 4.39 Å². The van der Waals surface area contributed by atoms with E-state index in [0.29, 0.717) is 25.3 Å². The molecule has 2 aromatic heterocycles. The van der Waals surface area contributed by atoms with Gasteiger partial charge in [0.1, 0.15) is 11.5 Å². The molecule has 1 N–H and O–H groups in total. The van der Waals surface area contributed by atoms with E-state index in [0.717, 1.165) is 28.1 Å². The molecule has 3 aromatic rings. The molecule has 1 aliphatic heterocycles. The highest BCUT2D eigenvalue weighted by Crippen LogP contribution is 2.36. The summed E-state index contributed by atoms with van der Waals surface area (Å²) in [5.74, 6) is -0.291. The van der Waals surface area contributed by atoms with E-state index in [-0.39, 0.29) is 18.3 Å². The summed E-state index contributed by atoms with van der Waals surface area (Å²) < 4.78 is 15.3. The molecule has 1 aliphatic rings. The van der Waals surface area contributed by atoms with Gasteiger partial charge >= 0.3 is 0 Å². The topological polar surface area (TPSA) is 71.2 Å². The highest BCUT2D eigenvalue weighted by Gasteiger charge is 2.27. The van der Waals surface area contributed by atoms with E-state index in [4.69, 9.17) is 5.10 Å². The van der Waals surface area contributed by atoms with E-state index in [1.165, 1.54) is 12.1 Å². The maximum atomic E-state index is 13.4. The second kappa shape index (κ2) is 6.92. The summed E-state index contributed by atoms with van der Waals surface area (Å²) in [6.45, 7) is 3.05. The third-order valence-corrected chi connectivity index (χ3v) is 4.81. The lowest BCUT2D eigenvalue weighted by Gasteiger charge is -2.27. The molecule has 0 aliphatic carbocycles. The number of halogens is 1. The van der Waals surface area contributed by atoms with E-state index < -0.39 is 0 Å². The van der Waals surface area contributed by atoms with Crippen LogP contribution in [0.2, 0.25) is 0 Å². The Kier molecular flexibility index (Phi) is 4.45. The van der Waals surface area contributed by atoms with Gasteiger partial charge in [-0.05, 0) is 42.0 Å². The van der Waals surface area contributed by atoms with Crippen molar-refractivity contribution in [1.82, 2.24) is 19.7 Å². The highest BCUT2D eigenvalue weighted by atomic mass is 19.1. The number of carbonyl (C=O) groups is 1. The van der Waals surface area contributed by atoms with E-state index in [2.05, 4.69) is 4.98 Å². The molecule has 0 spiro atoms. The van der Waals surface area contributed by atoms with Crippen LogP contribution < -0.4 is 0 Å². The number of aromatic nitrogens is 3. The lowest BCUT2D eigenvalue weighted by molar-refractivity contribution is -0.130. The van der Waals surface area contributed by atoms with Crippen molar-refractivity contribution in [2.24, 2.45) is 0 Å². The monoisotopic (exact) mass is 366 g/mol. The molecule has 0 unspecified atom stereocenters. The summed E-state index contributed by atoms with van der Waals surface area (Å²) >= 11 is 0. The van der Waals surface area contributed by atoms with Crippen molar-refractivity contribution < 1.29 is 14.3 Å². The predicted molar refractivity (Wildman–Crippen MR) is 97.9 cm³/mol. The fourth-order valence-corrected chi connectivity index (χ4v) is 3.42. The van der Waals surface area contributed by atoms with Crippen LogP contribution in [0, 0.1) is 5.82 Å². The zero-order valence-electron chi connectivity index (χ0n) is 14.9. The van der Waals surface area contributed by atoms with Gasteiger partial charge < -0.3 is 10.0 Å². The Morgan fingerprint density at radius 1 is 1.19 bits per heavy atom. The van der Waals surface area contributed by atoms with Crippen LogP contribution in [-0.4, -0.2) is 37.2 Å². The second-order valence-corrected chi connectivity index (χ2v) is 6.53. The first-order chi connectivity index (χ1) is 13.1. The number of fused-ring (bicyclic) bond motifs is 1. The number of hydrogen-bond acceptors (Lipinski definition) is 4. The van der Waals surface area contributed by atoms with E-state index in [9.17, 15) is 14.3 Å². The van der Waals surface area contributed by atoms with Gasteiger partial charge in [-0.1, -0.05) is 0 Å². The molecule has 0 saturated heterocycles. The largest absolute Gasteiger partial charge is 0.390 e. The molecule has 1 aromatic carbocycles. The Morgan fingerprint density at radius 2 is 1.96 bits per heavy atom. The maximum Gasteiger partial charge on any atom is 0.219 e. The van der Waals surface area contributed by atoms with Crippen LogP contribution in [0.15, 0.2) is 42.6 Å². The van der Waals surface area contributed by atoms with E-state index >= 15 is 0 Å². The third-order valence-electron chi connectivity index (χ3n) is 4.81. The number of benzene rings is 1. The summed E-state index contributed by atoms with van der Waals surface area (Å²) in [5, 5.41) is 14.2. The van der Waals surface area contributed by atoms with Crippen LogP contribution in [-0.2, 0) is 24.5 Å². The van der Waals surface area contributed by atoms with Crippen molar-refractivity contribution in [2.75, 3.05) is 6.54 Å². The van der Waals surface area contributed by atoms with Crippen molar-refractivity contribution in [1.29, 1.82) is 0 Å². The summed E-state index contributed by atoms with van der Waals surface area (Å²) in [5.41, 5.74) is 4.74. The average molecular weight is 366 g/mol. The van der Waals surface area contributed by atoms with Crippen LogP contribution >= 0.6 is 0 Å². The molecule has 27 heavy (non-hydrogen) atoms. The minimum atomic E-state index is -0.307. The normalized spacial score (nSPS) is 13.5. The number of rotatable bonds is 3. The molecule has 6 nitrogen and oxygen atoms in total. The van der Waals surface area contributed by atoms with Gasteiger partial charge in [0.05, 0.1) is 31.1 Å². The SMILES string of the molecule is CC(=O)N1CCn2nc(-c3ccc(F)cc3)c(-c3ccnc(CO)c3)c2C1. The number of hydrogen-bond donors (Lipinski definition) is 1. The predicted octanol–water partition coefficient (Wildman–Crippen LogP) is 2.61. The number of amides is 1. The number of pyridine rings is 1. The molecule has 7 heteroatoms. The van der Waals surface area contributed by atoms with Gasteiger partial charge in [0.2, 0.25) is 5.91 Å². The molecular weight excluding hydrogens is 347 g/mol. The Balaban J connectivity index is 1.91. The van der Waals surface area contributed by atoms with Crippen molar-refractivity contribution in [3.05, 3.63) is 59.8 Å². The first-order valence-corrected chi connectivity index (χ1v) is 8.74. The van der Waals surface area contributed by atoms with Crippen molar-refractivity contribution >= 4 is 5.91 Å². The van der Waals surface area contributed by atoms with Crippen LogP contribution in [0.5, 0.6) is 0 Å². The van der Waals surface area contributed by atoms with E-state index in [1.54, 1.807) is 30.2 Å². The van der Waals surface area contributed by atoms with Crippen molar-refractivity contribution in [3.63, 3.8) is 0 Å². The van der Waals surface area contributed by atoms with Crippen molar-refractivity contribution in [3.8, 4) is 22.4 Å². The number of nitrogens with zero attached hydrogens (tertiary/aromatic N) is 4. The average Bonchev–Trinajstić information content (AvgIpc) is 3.07. The molecule has 0 bridgehead atoms. The molecule has 4 rings (SSSR count). The number of aliphatic hydroxyl groups excluding tert-OH is 1. The Labute approximate surface area is 155 Å². The standard InChI is InChI=1S/C20H19FN4O2/c1-13(27)24-8-9-25-18(11-24)19(15-6-7-22-17(10-15)12-26)20(23-25)14-2-4-16(21)5-3-14/h2-7,10,26H,8-9,11-12H2,1H3. The first kappa shape index (κ1) is 17.4. The minimum Gasteiger partial charge on any atom is -0.390 e. The fraction of sp³-hybridized carbons (Fsp3) is 0.250. The second-order valence-electron chi connectivity index (χ2n) is 6.53. The zero-order valence-corrected chi connectivity index (χ0v) is 14.9. The molecule has 0 radical (unpaired) electrons.